The minimum absolute atomic E-state index is 0. The predicted molar refractivity (Wildman–Crippen MR) is 2.75 cm³/mol. The van der Waals surface area contributed by atoms with Gasteiger partial charge < -0.3 is 21.9 Å². The van der Waals surface area contributed by atoms with Crippen LogP contribution in [0.15, 0.2) is 0 Å². The first-order chi connectivity index (χ1) is 0. The second-order valence-corrected chi connectivity index (χ2v) is 0. The van der Waals surface area contributed by atoms with Crippen molar-refractivity contribution < 1.29 is 40.5 Å². The molecule has 0 N–H and O–H groups in total. The van der Waals surface area contributed by atoms with E-state index in [1.54, 1.807) is 0 Å². The van der Waals surface area contributed by atoms with Gasteiger partial charge in [-0.25, -0.2) is 0 Å². The molecule has 0 spiro atoms. The Hall–Kier alpha value is 0.424. The molecule has 0 aromatic rings. The van der Waals surface area contributed by atoms with Crippen LogP contribution in [0.2, 0.25) is 0 Å². The number of rotatable bonds is 0. The maximum absolute atomic E-state index is 0. The maximum Gasteiger partial charge on any atom is 5.00 e. The van der Waals surface area contributed by atoms with Gasteiger partial charge in [-0.3, -0.25) is 0 Å². The van der Waals surface area contributed by atoms with Crippen LogP contribution in [0, 0.1) is 0 Å². The predicted octanol–water partition coefficient (Wildman–Crippen LogP) is -0.478. The molecule has 0 aromatic heterocycles. The molecule has 0 atom stereocenters. The van der Waals surface area contributed by atoms with Gasteiger partial charge >= 0.3 is 18.6 Å². The Balaban J connectivity index is 0. The third-order valence-corrected chi connectivity index (χ3v) is 0. The van der Waals surface area contributed by atoms with E-state index in [0.29, 0.717) is 0 Å². The fraction of sp³-hybridized carbons (Fsp3) is 0. The number of hydrogen-bond donors (Lipinski definition) is 0. The monoisotopic (exact) mass is 115 g/mol. The largest absolute Gasteiger partial charge is 5.00 e. The van der Waals surface area contributed by atoms with Crippen molar-refractivity contribution in [3.8, 4) is 0 Å². The first-order valence-corrected chi connectivity index (χ1v) is 0. The third kappa shape index (κ3) is 144. The first-order valence-electron chi connectivity index (χ1n) is 0. The van der Waals surface area contributed by atoms with Gasteiger partial charge in [0, 0.05) is 0 Å². The Labute approximate surface area is 41.3 Å². The summed E-state index contributed by atoms with van der Waals surface area (Å²) in [5.41, 5.74) is 0. The van der Waals surface area contributed by atoms with E-state index in [0.717, 1.165) is 0 Å². The molecular formula is O4V-3. The normalized spacial score (nSPS) is 0. The second-order valence-electron chi connectivity index (χ2n) is 0. The van der Waals surface area contributed by atoms with E-state index >= 15 is 0 Å². The van der Waals surface area contributed by atoms with Crippen molar-refractivity contribution in [1.29, 1.82) is 0 Å². The molecule has 0 saturated carbocycles. The molecule has 0 unspecified atom stereocenters. The average molecular weight is 115 g/mol. The van der Waals surface area contributed by atoms with Gasteiger partial charge in [-0.05, 0) is 0 Å². The molecule has 0 aliphatic rings. The molecule has 0 radical (unpaired) electrons. The van der Waals surface area contributed by atoms with Crippen molar-refractivity contribution in [3.63, 3.8) is 0 Å². The molecule has 0 fully saturated rings. The summed E-state index contributed by atoms with van der Waals surface area (Å²) in [5, 5.41) is 0. The quantitative estimate of drug-likeness (QED) is 0.405. The minimum atomic E-state index is 0. The van der Waals surface area contributed by atoms with Crippen molar-refractivity contribution in [2.75, 3.05) is 0 Å². The van der Waals surface area contributed by atoms with Crippen LogP contribution >= 0.6 is 0 Å². The molecule has 4 nitrogen and oxygen atoms in total. The van der Waals surface area contributed by atoms with Crippen LogP contribution in [0.4, 0.5) is 0 Å². The zero-order chi connectivity index (χ0) is 0. The van der Waals surface area contributed by atoms with Crippen LogP contribution in [0.1, 0.15) is 0 Å². The van der Waals surface area contributed by atoms with Gasteiger partial charge in [-0.2, -0.15) is 0 Å². The maximum atomic E-state index is 0. The van der Waals surface area contributed by atoms with E-state index in [9.17, 15) is 0 Å². The summed E-state index contributed by atoms with van der Waals surface area (Å²) in [7, 11) is 0. The Kier molecular flexibility index (Phi) is 34000. The first kappa shape index (κ1) is 589. The van der Waals surface area contributed by atoms with Crippen molar-refractivity contribution >= 4 is 0 Å². The number of hydrogen-bond acceptors (Lipinski definition) is 0. The summed E-state index contributed by atoms with van der Waals surface area (Å²) in [6, 6.07) is 0. The molecular weight excluding hydrogens is 115 g/mol. The summed E-state index contributed by atoms with van der Waals surface area (Å²) in [6.45, 7) is 0. The molecule has 0 heterocycles. The van der Waals surface area contributed by atoms with Gasteiger partial charge in [-0.1, -0.05) is 0 Å². The van der Waals surface area contributed by atoms with Crippen molar-refractivity contribution in [1.82, 2.24) is 0 Å². The summed E-state index contributed by atoms with van der Waals surface area (Å²) in [4.78, 5) is 0. The Morgan fingerprint density at radius 1 is 0.400 bits per heavy atom. The molecule has 0 amide bonds. The van der Waals surface area contributed by atoms with E-state index in [1.165, 1.54) is 0 Å². The standard InChI is InChI=1S/4O.V/q4*-2;+5. The van der Waals surface area contributed by atoms with Crippen LogP contribution in [0.5, 0.6) is 0 Å². The summed E-state index contributed by atoms with van der Waals surface area (Å²) in [6.07, 6.45) is 0. The van der Waals surface area contributed by atoms with Gasteiger partial charge in [0.2, 0.25) is 0 Å². The molecule has 5 heavy (non-hydrogen) atoms. The molecule has 32 valence electrons. The Morgan fingerprint density at radius 3 is 0.400 bits per heavy atom. The second kappa shape index (κ2) is 288. The molecule has 0 aliphatic heterocycles. The van der Waals surface area contributed by atoms with E-state index < -0.39 is 0 Å². The molecule has 5 heteroatoms. The molecule has 0 aliphatic carbocycles. The fourth-order valence-corrected chi connectivity index (χ4v) is 0. The van der Waals surface area contributed by atoms with Crippen molar-refractivity contribution in [2.24, 2.45) is 0 Å². The zero-order valence-electron chi connectivity index (χ0n) is 2.08. The van der Waals surface area contributed by atoms with E-state index in [2.05, 4.69) is 0 Å². The third-order valence-electron chi connectivity index (χ3n) is 0. The van der Waals surface area contributed by atoms with Gasteiger partial charge in [0.05, 0.1) is 0 Å². The zero-order valence-corrected chi connectivity index (χ0v) is 3.48. The van der Waals surface area contributed by atoms with E-state index in [4.69, 9.17) is 0 Å². The van der Waals surface area contributed by atoms with E-state index in [1.807, 2.05) is 0 Å². The summed E-state index contributed by atoms with van der Waals surface area (Å²) >= 11 is 0. The van der Waals surface area contributed by atoms with Crippen molar-refractivity contribution in [2.45, 2.75) is 0 Å². The Morgan fingerprint density at radius 2 is 0.400 bits per heavy atom. The molecule has 0 bridgehead atoms. The fourth-order valence-electron chi connectivity index (χ4n) is 0. The van der Waals surface area contributed by atoms with Crippen LogP contribution in [-0.4, -0.2) is 0 Å². The molecule has 0 saturated heterocycles. The summed E-state index contributed by atoms with van der Waals surface area (Å²) in [5.74, 6) is 0. The van der Waals surface area contributed by atoms with Crippen LogP contribution in [0.25, 0.3) is 0 Å². The topological polar surface area (TPSA) is 114 Å². The van der Waals surface area contributed by atoms with Gasteiger partial charge in [0.25, 0.3) is 0 Å². The molecule has 0 rings (SSSR count). The Bertz CT molecular complexity index is 3.61. The van der Waals surface area contributed by atoms with Gasteiger partial charge in [0.1, 0.15) is 0 Å². The smallest absolute Gasteiger partial charge is 2.00 e. The minimum Gasteiger partial charge on any atom is -2.00 e. The van der Waals surface area contributed by atoms with Gasteiger partial charge in [0.15, 0.2) is 0 Å². The summed E-state index contributed by atoms with van der Waals surface area (Å²) < 4.78 is 0. The van der Waals surface area contributed by atoms with Crippen LogP contribution < -0.4 is 0 Å². The van der Waals surface area contributed by atoms with Gasteiger partial charge in [-0.15, -0.1) is 0 Å². The van der Waals surface area contributed by atoms with Crippen LogP contribution in [-0.2, 0) is 40.5 Å². The SMILES string of the molecule is [O-2].[O-2].[O-2].[O-2].[V+5]. The van der Waals surface area contributed by atoms with Crippen LogP contribution in [0.3, 0.4) is 0 Å². The van der Waals surface area contributed by atoms with E-state index in [-0.39, 0.29) is 40.5 Å². The molecule has 0 aromatic carbocycles. The van der Waals surface area contributed by atoms with Crippen molar-refractivity contribution in [3.05, 3.63) is 0 Å². The average Bonchev–Trinajstić information content (AvgIpc) is 0.